The minimum Gasteiger partial charge on any atom is -0.476 e. The van der Waals surface area contributed by atoms with Crippen molar-refractivity contribution in [3.8, 4) is 30.4 Å². The lowest BCUT2D eigenvalue weighted by Crippen LogP contribution is -2.34. The fourth-order valence-electron chi connectivity index (χ4n) is 3.70. The van der Waals surface area contributed by atoms with E-state index in [1.807, 2.05) is 6.07 Å². The molecule has 2 aromatic rings. The van der Waals surface area contributed by atoms with Crippen LogP contribution in [0.1, 0.15) is 38.2 Å². The van der Waals surface area contributed by atoms with Gasteiger partial charge in [-0.05, 0) is 50.3 Å². The van der Waals surface area contributed by atoms with E-state index in [4.69, 9.17) is 45.5 Å². The first-order valence-electron chi connectivity index (χ1n) is 11.0. The molecule has 0 N–H and O–H groups in total. The lowest BCUT2D eigenvalue weighted by atomic mass is 9.90. The maximum absolute atomic E-state index is 14.0. The summed E-state index contributed by atoms with van der Waals surface area (Å²) in [6.07, 6.45) is 15.8. The third-order valence-electron chi connectivity index (χ3n) is 5.40. The molecule has 0 aliphatic heterocycles. The van der Waals surface area contributed by atoms with Crippen molar-refractivity contribution < 1.29 is 19.1 Å². The summed E-state index contributed by atoms with van der Waals surface area (Å²) in [5, 5.41) is 0.492. The molecule has 3 rings (SSSR count). The molecule has 1 aromatic heterocycles. The molecule has 0 fully saturated rings. The van der Waals surface area contributed by atoms with Gasteiger partial charge in [0.2, 0.25) is 0 Å². The molecule has 6 nitrogen and oxygen atoms in total. The average Bonchev–Trinajstić information content (AvgIpc) is 2.87. The van der Waals surface area contributed by atoms with E-state index in [1.165, 1.54) is 11.0 Å². The molecule has 1 aliphatic rings. The van der Waals surface area contributed by atoms with E-state index >= 15 is 0 Å². The summed E-state index contributed by atoms with van der Waals surface area (Å²) in [7, 11) is 0. The number of nitrogens with zero attached hydrogens (tertiary/aromatic N) is 2. The van der Waals surface area contributed by atoms with Crippen molar-refractivity contribution >= 4 is 40.8 Å². The van der Waals surface area contributed by atoms with Gasteiger partial charge >= 0.3 is 5.97 Å². The Kier molecular flexibility index (Phi) is 9.20. The molecular formula is C27H24Cl2N2O4. The smallest absolute Gasteiger partial charge is 0.335 e. The first kappa shape index (κ1) is 26.2. The molecule has 180 valence electrons. The van der Waals surface area contributed by atoms with Crippen molar-refractivity contribution in [3.63, 3.8) is 0 Å². The van der Waals surface area contributed by atoms with Gasteiger partial charge in [0.25, 0.3) is 5.91 Å². The number of pyridine rings is 1. The number of hydrogen-bond acceptors (Lipinski definition) is 5. The molecule has 1 aliphatic carbocycles. The fraction of sp³-hybridized carbons (Fsp3) is 0.296. The quantitative estimate of drug-likeness (QED) is 0.352. The summed E-state index contributed by atoms with van der Waals surface area (Å²) in [4.78, 5) is 32.2. The van der Waals surface area contributed by atoms with Crippen LogP contribution >= 0.6 is 23.2 Å². The first-order valence-corrected chi connectivity index (χ1v) is 11.8. The highest BCUT2D eigenvalue weighted by Crippen LogP contribution is 2.39. The van der Waals surface area contributed by atoms with Crippen LogP contribution in [0.2, 0.25) is 10.0 Å². The Morgan fingerprint density at radius 3 is 2.57 bits per heavy atom. The van der Waals surface area contributed by atoms with Crippen molar-refractivity contribution in [2.75, 3.05) is 11.5 Å². The Bertz CT molecular complexity index is 1210. The van der Waals surface area contributed by atoms with Crippen molar-refractivity contribution in [3.05, 3.63) is 63.4 Å². The van der Waals surface area contributed by atoms with Crippen LogP contribution < -0.4 is 9.64 Å². The Hall–Kier alpha value is -3.45. The van der Waals surface area contributed by atoms with Crippen molar-refractivity contribution in [2.24, 2.45) is 0 Å². The van der Waals surface area contributed by atoms with Gasteiger partial charge in [0.15, 0.2) is 12.7 Å². The minimum absolute atomic E-state index is 0.147. The van der Waals surface area contributed by atoms with Gasteiger partial charge in [-0.15, -0.1) is 12.8 Å². The Labute approximate surface area is 215 Å². The molecule has 1 amide bonds. The predicted molar refractivity (Wildman–Crippen MR) is 136 cm³/mol. The highest BCUT2D eigenvalue weighted by Gasteiger charge is 2.30. The molecule has 1 aromatic carbocycles. The number of aromatic nitrogens is 1. The zero-order valence-corrected chi connectivity index (χ0v) is 20.7. The third kappa shape index (κ3) is 6.57. The van der Waals surface area contributed by atoms with E-state index in [1.54, 1.807) is 31.5 Å². The van der Waals surface area contributed by atoms with Crippen LogP contribution in [0.25, 0.3) is 0 Å². The normalized spacial score (nSPS) is 13.9. The van der Waals surface area contributed by atoms with Gasteiger partial charge < -0.3 is 14.4 Å². The first-order chi connectivity index (χ1) is 16.8. The highest BCUT2D eigenvalue weighted by molar-refractivity contribution is 6.37. The van der Waals surface area contributed by atoms with E-state index < -0.39 is 12.1 Å². The van der Waals surface area contributed by atoms with E-state index in [2.05, 4.69) is 16.8 Å². The van der Waals surface area contributed by atoms with Crippen molar-refractivity contribution in [1.29, 1.82) is 0 Å². The summed E-state index contributed by atoms with van der Waals surface area (Å²) in [6.45, 7) is 1.68. The van der Waals surface area contributed by atoms with Gasteiger partial charge in [-0.3, -0.25) is 9.78 Å². The number of rotatable bonds is 8. The monoisotopic (exact) mass is 510 g/mol. The van der Waals surface area contributed by atoms with Crippen LogP contribution in [0.3, 0.4) is 0 Å². The number of carbonyl (C=O) groups excluding carboxylic acids is 2. The molecule has 0 saturated heterocycles. The average molecular weight is 511 g/mol. The Morgan fingerprint density at radius 2 is 1.91 bits per heavy atom. The summed E-state index contributed by atoms with van der Waals surface area (Å²) < 4.78 is 10.9. The molecule has 1 atom stereocenters. The number of benzene rings is 1. The van der Waals surface area contributed by atoms with Crippen molar-refractivity contribution in [1.82, 2.24) is 4.98 Å². The molecule has 0 radical (unpaired) electrons. The van der Waals surface area contributed by atoms with Crippen LogP contribution in [0.4, 0.5) is 5.69 Å². The maximum Gasteiger partial charge on any atom is 0.335 e. The van der Waals surface area contributed by atoms with Gasteiger partial charge in [-0.1, -0.05) is 41.1 Å². The lowest BCUT2D eigenvalue weighted by molar-refractivity contribution is -0.138. The SMILES string of the molecule is C#CCOC(=O)C1=C(C(=O)N(Cc2cccnc2)c2cc(OC(C)C#C)c(Cl)cc2Cl)CCCC1. The Morgan fingerprint density at radius 1 is 1.17 bits per heavy atom. The molecule has 0 saturated carbocycles. The van der Waals surface area contributed by atoms with Gasteiger partial charge in [0.05, 0.1) is 22.3 Å². The largest absolute Gasteiger partial charge is 0.476 e. The lowest BCUT2D eigenvalue weighted by Gasteiger charge is -2.28. The highest BCUT2D eigenvalue weighted by atomic mass is 35.5. The number of hydrogen-bond donors (Lipinski definition) is 0. The second-order valence-corrected chi connectivity index (χ2v) is 8.67. The summed E-state index contributed by atoms with van der Waals surface area (Å²) >= 11 is 12.9. The second-order valence-electron chi connectivity index (χ2n) is 7.86. The predicted octanol–water partition coefficient (Wildman–Crippen LogP) is 5.37. The van der Waals surface area contributed by atoms with Crippen LogP contribution in [0.5, 0.6) is 5.75 Å². The van der Waals surface area contributed by atoms with Crippen LogP contribution in [0.15, 0.2) is 47.8 Å². The molecule has 0 bridgehead atoms. The number of anilines is 1. The number of amides is 1. The van der Waals surface area contributed by atoms with Crippen LogP contribution in [0, 0.1) is 24.7 Å². The number of halogens is 2. The third-order valence-corrected chi connectivity index (χ3v) is 6.00. The summed E-state index contributed by atoms with van der Waals surface area (Å²) in [5.41, 5.74) is 1.82. The molecule has 1 heterocycles. The minimum atomic E-state index is -0.582. The second kappa shape index (κ2) is 12.3. The van der Waals surface area contributed by atoms with E-state index in [9.17, 15) is 9.59 Å². The number of esters is 1. The summed E-state index contributed by atoms with van der Waals surface area (Å²) in [6, 6.07) is 6.68. The standard InChI is InChI=1S/C27H24Cl2N2O4/c1-4-13-34-27(33)21-11-7-6-10-20(21)26(32)31(17-19-9-8-12-30-16-19)24-15-25(35-18(3)5-2)23(29)14-22(24)28/h1-2,8-9,12,14-16,18H,6-7,10-11,13,17H2,3H3. The van der Waals surface area contributed by atoms with E-state index in [-0.39, 0.29) is 34.9 Å². The van der Waals surface area contributed by atoms with Gasteiger partial charge in [-0.2, -0.15) is 0 Å². The summed E-state index contributed by atoms with van der Waals surface area (Å²) in [5.74, 6) is 4.08. The maximum atomic E-state index is 14.0. The van der Waals surface area contributed by atoms with Gasteiger partial charge in [0, 0.05) is 29.6 Å². The van der Waals surface area contributed by atoms with Gasteiger partial charge in [0.1, 0.15) is 5.75 Å². The fourth-order valence-corrected chi connectivity index (χ4v) is 4.23. The zero-order chi connectivity index (χ0) is 25.4. The van der Waals surface area contributed by atoms with E-state index in [0.717, 1.165) is 18.4 Å². The Balaban J connectivity index is 2.10. The molecule has 35 heavy (non-hydrogen) atoms. The molecule has 8 heteroatoms. The number of carbonyl (C=O) groups is 2. The number of terminal acetylenes is 2. The topological polar surface area (TPSA) is 68.7 Å². The van der Waals surface area contributed by atoms with Gasteiger partial charge in [-0.25, -0.2) is 4.79 Å². The molecular weight excluding hydrogens is 487 g/mol. The van der Waals surface area contributed by atoms with Crippen molar-refractivity contribution in [2.45, 2.75) is 45.3 Å². The van der Waals surface area contributed by atoms with E-state index in [0.29, 0.717) is 29.7 Å². The molecule has 1 unspecified atom stereocenters. The number of ether oxygens (including phenoxy) is 2. The molecule has 0 spiro atoms. The van der Waals surface area contributed by atoms with Crippen LogP contribution in [-0.4, -0.2) is 29.6 Å². The van der Waals surface area contributed by atoms with Crippen LogP contribution in [-0.2, 0) is 20.9 Å². The zero-order valence-electron chi connectivity index (χ0n) is 19.2.